The Morgan fingerprint density at radius 3 is 2.62 bits per heavy atom. The Hall–Kier alpha value is -2.28. The van der Waals surface area contributed by atoms with Crippen molar-refractivity contribution < 1.29 is 9.53 Å². The Balaban J connectivity index is 1.84. The molecule has 2 aromatic rings. The summed E-state index contributed by atoms with van der Waals surface area (Å²) < 4.78 is 7.24. The summed E-state index contributed by atoms with van der Waals surface area (Å²) in [5, 5.41) is 8.46. The van der Waals surface area contributed by atoms with E-state index >= 15 is 0 Å². The average Bonchev–Trinajstić information content (AvgIpc) is 2.80. The lowest BCUT2D eigenvalue weighted by molar-refractivity contribution is 0.0694. The maximum atomic E-state index is 13.0. The van der Waals surface area contributed by atoms with Gasteiger partial charge in [-0.05, 0) is 32.9 Å². The molecular weight excluding hydrogens is 306 g/mol. The standard InChI is InChI=1S/C17H23N5O2/c1-11-7-14(8-12(2)18-11)17(23)21-5-6-22-15(9-13(21)3)19-20-16(22)10-24-4/h7-8,13H,5-6,9-10H2,1-4H3/t13-/m1/s1. The Bertz CT molecular complexity index is 735. The molecule has 24 heavy (non-hydrogen) atoms. The van der Waals surface area contributed by atoms with Gasteiger partial charge in [0, 0.05) is 49.6 Å². The van der Waals surface area contributed by atoms with Gasteiger partial charge in [-0.15, -0.1) is 10.2 Å². The van der Waals surface area contributed by atoms with Crippen LogP contribution in [0.2, 0.25) is 0 Å². The molecule has 7 nitrogen and oxygen atoms in total. The zero-order valence-corrected chi connectivity index (χ0v) is 14.6. The van der Waals surface area contributed by atoms with Gasteiger partial charge in [0.05, 0.1) is 0 Å². The molecule has 0 saturated heterocycles. The number of aryl methyl sites for hydroxylation is 2. The zero-order chi connectivity index (χ0) is 17.3. The van der Waals surface area contributed by atoms with Crippen LogP contribution < -0.4 is 0 Å². The van der Waals surface area contributed by atoms with E-state index in [1.54, 1.807) is 7.11 Å². The van der Waals surface area contributed by atoms with Crippen molar-refractivity contribution in [1.82, 2.24) is 24.6 Å². The number of amides is 1. The molecule has 7 heteroatoms. The van der Waals surface area contributed by atoms with Gasteiger partial charge in [0.25, 0.3) is 5.91 Å². The van der Waals surface area contributed by atoms with E-state index in [4.69, 9.17) is 4.74 Å². The maximum absolute atomic E-state index is 13.0. The fourth-order valence-electron chi connectivity index (χ4n) is 3.25. The van der Waals surface area contributed by atoms with Crippen LogP contribution in [-0.4, -0.2) is 50.3 Å². The minimum atomic E-state index is 0.0445. The lowest BCUT2D eigenvalue weighted by Crippen LogP contribution is -2.40. The molecule has 1 atom stereocenters. The van der Waals surface area contributed by atoms with Gasteiger partial charge in [0.1, 0.15) is 12.4 Å². The minimum absolute atomic E-state index is 0.0445. The lowest BCUT2D eigenvalue weighted by Gasteiger charge is -2.27. The van der Waals surface area contributed by atoms with Crippen molar-refractivity contribution in [3.8, 4) is 0 Å². The average molecular weight is 329 g/mol. The molecule has 1 aliphatic heterocycles. The molecule has 0 aromatic carbocycles. The smallest absolute Gasteiger partial charge is 0.254 e. The van der Waals surface area contributed by atoms with Crippen molar-refractivity contribution in [1.29, 1.82) is 0 Å². The number of rotatable bonds is 3. The summed E-state index contributed by atoms with van der Waals surface area (Å²) in [6, 6.07) is 3.76. The van der Waals surface area contributed by atoms with Crippen LogP contribution in [0, 0.1) is 13.8 Å². The summed E-state index contributed by atoms with van der Waals surface area (Å²) in [5.74, 6) is 1.76. The fourth-order valence-corrected chi connectivity index (χ4v) is 3.25. The number of ether oxygens (including phenoxy) is 1. The highest BCUT2D eigenvalue weighted by Crippen LogP contribution is 2.18. The maximum Gasteiger partial charge on any atom is 0.254 e. The lowest BCUT2D eigenvalue weighted by atomic mass is 10.1. The summed E-state index contributed by atoms with van der Waals surface area (Å²) >= 11 is 0. The third kappa shape index (κ3) is 3.17. The summed E-state index contributed by atoms with van der Waals surface area (Å²) in [6.07, 6.45) is 0.686. The first kappa shape index (κ1) is 16.6. The van der Waals surface area contributed by atoms with Crippen LogP contribution in [0.4, 0.5) is 0 Å². The molecule has 2 aromatic heterocycles. The number of aromatic nitrogens is 4. The third-order valence-electron chi connectivity index (χ3n) is 4.34. The number of fused-ring (bicyclic) bond motifs is 1. The summed E-state index contributed by atoms with van der Waals surface area (Å²) in [7, 11) is 1.64. The third-order valence-corrected chi connectivity index (χ3v) is 4.34. The number of pyridine rings is 1. The summed E-state index contributed by atoms with van der Waals surface area (Å²) in [6.45, 7) is 7.61. The Kier molecular flexibility index (Phi) is 4.62. The number of methoxy groups -OCH3 is 1. The van der Waals surface area contributed by atoms with E-state index in [1.165, 1.54) is 0 Å². The molecule has 0 unspecified atom stereocenters. The molecule has 0 bridgehead atoms. The SMILES string of the molecule is COCc1nnc2n1CCN(C(=O)c1cc(C)nc(C)c1)[C@H](C)C2. The Morgan fingerprint density at radius 1 is 1.25 bits per heavy atom. The van der Waals surface area contributed by atoms with Crippen LogP contribution in [0.25, 0.3) is 0 Å². The molecular formula is C17H23N5O2. The van der Waals surface area contributed by atoms with Crippen LogP contribution in [0.3, 0.4) is 0 Å². The Morgan fingerprint density at radius 2 is 1.96 bits per heavy atom. The van der Waals surface area contributed by atoms with E-state index in [1.807, 2.05) is 30.9 Å². The highest BCUT2D eigenvalue weighted by molar-refractivity contribution is 5.94. The van der Waals surface area contributed by atoms with Crippen LogP contribution in [0.1, 0.15) is 40.3 Å². The number of nitrogens with zero attached hydrogens (tertiary/aromatic N) is 5. The Labute approximate surface area is 141 Å². The van der Waals surface area contributed by atoms with Gasteiger partial charge in [0.15, 0.2) is 5.82 Å². The van der Waals surface area contributed by atoms with Gasteiger partial charge in [0.2, 0.25) is 0 Å². The molecule has 0 spiro atoms. The van der Waals surface area contributed by atoms with Crippen molar-refractivity contribution in [2.45, 2.75) is 46.4 Å². The first-order valence-corrected chi connectivity index (χ1v) is 8.15. The first-order chi connectivity index (χ1) is 11.5. The van der Waals surface area contributed by atoms with E-state index in [-0.39, 0.29) is 11.9 Å². The second-order valence-electron chi connectivity index (χ2n) is 6.31. The molecule has 3 rings (SSSR count). The van der Waals surface area contributed by atoms with Gasteiger partial charge >= 0.3 is 0 Å². The van der Waals surface area contributed by atoms with Crippen molar-refractivity contribution in [3.63, 3.8) is 0 Å². The quantitative estimate of drug-likeness (QED) is 0.854. The first-order valence-electron chi connectivity index (χ1n) is 8.15. The fraction of sp³-hybridized carbons (Fsp3) is 0.529. The molecule has 0 N–H and O–H groups in total. The van der Waals surface area contributed by atoms with Crippen LogP contribution in [0.15, 0.2) is 12.1 Å². The topological polar surface area (TPSA) is 73.1 Å². The molecule has 128 valence electrons. The van der Waals surface area contributed by atoms with Crippen LogP contribution >= 0.6 is 0 Å². The predicted molar refractivity (Wildman–Crippen MR) is 88.6 cm³/mol. The van der Waals surface area contributed by atoms with Gasteiger partial charge in [-0.25, -0.2) is 0 Å². The van der Waals surface area contributed by atoms with Crippen molar-refractivity contribution >= 4 is 5.91 Å². The monoisotopic (exact) mass is 329 g/mol. The molecule has 0 radical (unpaired) electrons. The highest BCUT2D eigenvalue weighted by Gasteiger charge is 2.28. The molecule has 0 fully saturated rings. The predicted octanol–water partition coefficient (Wildman–Crippen LogP) is 1.52. The highest BCUT2D eigenvalue weighted by atomic mass is 16.5. The second-order valence-corrected chi connectivity index (χ2v) is 6.31. The molecule has 0 saturated carbocycles. The van der Waals surface area contributed by atoms with Gasteiger partial charge in [-0.1, -0.05) is 0 Å². The zero-order valence-electron chi connectivity index (χ0n) is 14.6. The van der Waals surface area contributed by atoms with E-state index in [0.29, 0.717) is 31.7 Å². The normalized spacial score (nSPS) is 17.5. The van der Waals surface area contributed by atoms with Crippen LogP contribution in [-0.2, 0) is 24.3 Å². The number of carbonyl (C=O) groups is 1. The van der Waals surface area contributed by atoms with Gasteiger partial charge < -0.3 is 14.2 Å². The van der Waals surface area contributed by atoms with Gasteiger partial charge in [-0.3, -0.25) is 9.78 Å². The van der Waals surface area contributed by atoms with Gasteiger partial charge in [-0.2, -0.15) is 0 Å². The number of hydrogen-bond acceptors (Lipinski definition) is 5. The molecule has 1 amide bonds. The summed E-state index contributed by atoms with van der Waals surface area (Å²) in [4.78, 5) is 19.2. The molecule has 0 aliphatic carbocycles. The van der Waals surface area contributed by atoms with E-state index in [2.05, 4.69) is 26.7 Å². The molecule has 3 heterocycles. The summed E-state index contributed by atoms with van der Waals surface area (Å²) in [5.41, 5.74) is 2.42. The van der Waals surface area contributed by atoms with E-state index in [0.717, 1.165) is 23.0 Å². The van der Waals surface area contributed by atoms with Crippen molar-refractivity contribution in [3.05, 3.63) is 40.7 Å². The number of hydrogen-bond donors (Lipinski definition) is 0. The largest absolute Gasteiger partial charge is 0.377 e. The van der Waals surface area contributed by atoms with E-state index in [9.17, 15) is 4.79 Å². The van der Waals surface area contributed by atoms with Crippen LogP contribution in [0.5, 0.6) is 0 Å². The van der Waals surface area contributed by atoms with Crippen molar-refractivity contribution in [2.75, 3.05) is 13.7 Å². The number of carbonyl (C=O) groups excluding carboxylic acids is 1. The van der Waals surface area contributed by atoms with E-state index < -0.39 is 0 Å². The van der Waals surface area contributed by atoms with Crippen molar-refractivity contribution in [2.24, 2.45) is 0 Å². The second kappa shape index (κ2) is 6.68. The molecule has 1 aliphatic rings. The minimum Gasteiger partial charge on any atom is -0.377 e.